The molecule has 27 heavy (non-hydrogen) atoms. The van der Waals surface area contributed by atoms with E-state index in [9.17, 15) is 14.9 Å². The molecule has 0 unspecified atom stereocenters. The van der Waals surface area contributed by atoms with Crippen LogP contribution in [0.5, 0.6) is 0 Å². The fraction of sp³-hybridized carbons (Fsp3) is 0.667. The summed E-state index contributed by atoms with van der Waals surface area (Å²) in [5.74, 6) is -0.0579. The van der Waals surface area contributed by atoms with Crippen LogP contribution in [0.2, 0.25) is 0 Å². The number of nitro groups is 1. The SMILES string of the molecule is CC1(C)C[C@H]2C[C@](C)(CN2C(=O)c2ccc(N3CCCC3)c([N+](=O)[O-])c2)C1. The van der Waals surface area contributed by atoms with Gasteiger partial charge in [-0.1, -0.05) is 20.8 Å². The molecule has 4 rings (SSSR count). The molecule has 6 nitrogen and oxygen atoms in total. The van der Waals surface area contributed by atoms with Crippen molar-refractivity contribution in [3.63, 3.8) is 0 Å². The molecule has 1 amide bonds. The molecule has 1 aromatic rings. The van der Waals surface area contributed by atoms with Gasteiger partial charge in [0.25, 0.3) is 11.6 Å². The Balaban J connectivity index is 1.63. The number of hydrogen-bond donors (Lipinski definition) is 0. The molecule has 2 saturated heterocycles. The van der Waals surface area contributed by atoms with E-state index >= 15 is 0 Å². The highest BCUT2D eigenvalue weighted by molar-refractivity contribution is 5.96. The van der Waals surface area contributed by atoms with Crippen molar-refractivity contribution >= 4 is 17.3 Å². The molecule has 1 saturated carbocycles. The van der Waals surface area contributed by atoms with Crippen LogP contribution in [0, 0.1) is 20.9 Å². The van der Waals surface area contributed by atoms with E-state index in [4.69, 9.17) is 0 Å². The van der Waals surface area contributed by atoms with E-state index in [0.29, 0.717) is 11.3 Å². The third kappa shape index (κ3) is 3.30. The first kappa shape index (κ1) is 18.3. The van der Waals surface area contributed by atoms with E-state index in [1.807, 2.05) is 4.90 Å². The fourth-order valence-electron chi connectivity index (χ4n) is 5.89. The van der Waals surface area contributed by atoms with Crippen LogP contribution in [-0.4, -0.2) is 41.4 Å². The Hall–Kier alpha value is -2.11. The molecule has 2 atom stereocenters. The number of rotatable bonds is 3. The van der Waals surface area contributed by atoms with E-state index in [-0.39, 0.29) is 33.4 Å². The van der Waals surface area contributed by atoms with Gasteiger partial charge in [-0.3, -0.25) is 14.9 Å². The molecular weight excluding hydrogens is 342 g/mol. The maximum atomic E-state index is 13.2. The first-order valence-corrected chi connectivity index (χ1v) is 10.0. The molecule has 0 spiro atoms. The summed E-state index contributed by atoms with van der Waals surface area (Å²) in [5.41, 5.74) is 1.53. The van der Waals surface area contributed by atoms with Gasteiger partial charge in [-0.15, -0.1) is 0 Å². The maximum absolute atomic E-state index is 13.2. The zero-order chi connectivity index (χ0) is 19.4. The Kier molecular flexibility index (Phi) is 4.20. The molecule has 146 valence electrons. The average molecular weight is 371 g/mol. The third-order valence-electron chi connectivity index (χ3n) is 6.54. The Morgan fingerprint density at radius 2 is 1.89 bits per heavy atom. The zero-order valence-electron chi connectivity index (χ0n) is 16.5. The fourth-order valence-corrected chi connectivity index (χ4v) is 5.89. The van der Waals surface area contributed by atoms with Crippen LogP contribution in [0.1, 0.15) is 63.2 Å². The quantitative estimate of drug-likeness (QED) is 0.589. The highest BCUT2D eigenvalue weighted by Crippen LogP contribution is 2.52. The molecule has 0 aromatic heterocycles. The van der Waals surface area contributed by atoms with Crippen molar-refractivity contribution in [3.05, 3.63) is 33.9 Å². The van der Waals surface area contributed by atoms with Crippen molar-refractivity contribution in [2.24, 2.45) is 10.8 Å². The second kappa shape index (κ2) is 6.21. The molecule has 3 aliphatic rings. The van der Waals surface area contributed by atoms with E-state index in [0.717, 1.165) is 51.7 Å². The van der Waals surface area contributed by atoms with Crippen molar-refractivity contribution in [3.8, 4) is 0 Å². The second-order valence-electron chi connectivity index (χ2n) is 9.80. The standard InChI is InChI=1S/C21H29N3O3/c1-20(2)11-16-12-21(3,13-20)14-23(16)19(25)15-6-7-17(18(10-15)24(26)27)22-8-4-5-9-22/h6-7,10,16H,4-5,8-9,11-14H2,1-3H3/t16-,21-/m0/s1. The van der Waals surface area contributed by atoms with Crippen LogP contribution in [0.25, 0.3) is 0 Å². The molecule has 2 heterocycles. The highest BCUT2D eigenvalue weighted by atomic mass is 16.6. The van der Waals surface area contributed by atoms with Crippen molar-refractivity contribution in [1.82, 2.24) is 4.90 Å². The first-order valence-electron chi connectivity index (χ1n) is 10.0. The Bertz CT molecular complexity index is 785. The predicted molar refractivity (Wildman–Crippen MR) is 105 cm³/mol. The molecule has 2 bridgehead atoms. The number of amides is 1. The van der Waals surface area contributed by atoms with Gasteiger partial charge < -0.3 is 9.80 Å². The highest BCUT2D eigenvalue weighted by Gasteiger charge is 2.51. The summed E-state index contributed by atoms with van der Waals surface area (Å²) < 4.78 is 0. The van der Waals surface area contributed by atoms with Gasteiger partial charge in [-0.25, -0.2) is 0 Å². The number of nitrogens with zero attached hydrogens (tertiary/aromatic N) is 3. The van der Waals surface area contributed by atoms with Gasteiger partial charge in [0, 0.05) is 37.3 Å². The maximum Gasteiger partial charge on any atom is 0.293 e. The van der Waals surface area contributed by atoms with Crippen LogP contribution in [0.4, 0.5) is 11.4 Å². The molecule has 0 N–H and O–H groups in total. The van der Waals surface area contributed by atoms with Crippen LogP contribution < -0.4 is 4.90 Å². The lowest BCUT2D eigenvalue weighted by Gasteiger charge is -2.39. The topological polar surface area (TPSA) is 66.7 Å². The minimum atomic E-state index is -0.350. The van der Waals surface area contributed by atoms with E-state index in [1.165, 1.54) is 6.07 Å². The predicted octanol–water partition coefficient (Wildman–Crippen LogP) is 4.24. The van der Waals surface area contributed by atoms with Crippen molar-refractivity contribution in [2.45, 2.75) is 58.9 Å². The van der Waals surface area contributed by atoms with Crippen LogP contribution >= 0.6 is 0 Å². The molecule has 0 radical (unpaired) electrons. The van der Waals surface area contributed by atoms with Gasteiger partial charge in [0.2, 0.25) is 0 Å². The molecule has 2 aliphatic heterocycles. The van der Waals surface area contributed by atoms with Gasteiger partial charge in [-0.2, -0.15) is 0 Å². The second-order valence-corrected chi connectivity index (χ2v) is 9.80. The lowest BCUT2D eigenvalue weighted by atomic mass is 9.65. The molecule has 1 aliphatic carbocycles. The summed E-state index contributed by atoms with van der Waals surface area (Å²) in [7, 11) is 0. The Labute approximate surface area is 160 Å². The number of carbonyl (C=O) groups excluding carboxylic acids is 1. The monoisotopic (exact) mass is 371 g/mol. The van der Waals surface area contributed by atoms with Crippen LogP contribution in [-0.2, 0) is 0 Å². The average Bonchev–Trinajstić information content (AvgIpc) is 3.18. The summed E-state index contributed by atoms with van der Waals surface area (Å²) >= 11 is 0. The minimum Gasteiger partial charge on any atom is -0.366 e. The Morgan fingerprint density at radius 1 is 1.19 bits per heavy atom. The number of likely N-dealkylation sites (tertiary alicyclic amines) is 1. The van der Waals surface area contributed by atoms with Crippen LogP contribution in [0.3, 0.4) is 0 Å². The largest absolute Gasteiger partial charge is 0.366 e. The molecule has 3 fully saturated rings. The number of hydrogen-bond acceptors (Lipinski definition) is 4. The lowest BCUT2D eigenvalue weighted by Crippen LogP contribution is -2.37. The smallest absolute Gasteiger partial charge is 0.293 e. The van der Waals surface area contributed by atoms with Gasteiger partial charge in [0.05, 0.1) is 4.92 Å². The van der Waals surface area contributed by atoms with Gasteiger partial charge in [0.1, 0.15) is 5.69 Å². The van der Waals surface area contributed by atoms with Crippen molar-refractivity contribution in [1.29, 1.82) is 0 Å². The summed E-state index contributed by atoms with van der Waals surface area (Å²) in [5, 5.41) is 11.6. The summed E-state index contributed by atoms with van der Waals surface area (Å²) in [4.78, 5) is 28.6. The lowest BCUT2D eigenvalue weighted by molar-refractivity contribution is -0.384. The van der Waals surface area contributed by atoms with Gasteiger partial charge >= 0.3 is 0 Å². The first-order chi connectivity index (χ1) is 12.7. The summed E-state index contributed by atoms with van der Waals surface area (Å²) in [6, 6.07) is 5.28. The summed E-state index contributed by atoms with van der Waals surface area (Å²) in [6.45, 7) is 9.27. The molecule has 6 heteroatoms. The zero-order valence-corrected chi connectivity index (χ0v) is 16.5. The molecular formula is C21H29N3O3. The normalized spacial score (nSPS) is 29.2. The minimum absolute atomic E-state index is 0.0523. The number of nitro benzene ring substituents is 1. The van der Waals surface area contributed by atoms with Crippen molar-refractivity contribution < 1.29 is 9.72 Å². The summed E-state index contributed by atoms with van der Waals surface area (Å²) in [6.07, 6.45) is 5.27. The van der Waals surface area contributed by atoms with E-state index in [1.54, 1.807) is 12.1 Å². The van der Waals surface area contributed by atoms with Gasteiger partial charge in [-0.05, 0) is 55.1 Å². The number of carbonyl (C=O) groups is 1. The van der Waals surface area contributed by atoms with Crippen LogP contribution in [0.15, 0.2) is 18.2 Å². The van der Waals surface area contributed by atoms with E-state index in [2.05, 4.69) is 25.7 Å². The number of anilines is 1. The number of fused-ring (bicyclic) bond motifs is 2. The molecule has 1 aromatic carbocycles. The van der Waals surface area contributed by atoms with Crippen molar-refractivity contribution in [2.75, 3.05) is 24.5 Å². The third-order valence-corrected chi connectivity index (χ3v) is 6.54. The Morgan fingerprint density at radius 3 is 2.56 bits per heavy atom. The van der Waals surface area contributed by atoms with E-state index < -0.39 is 0 Å². The van der Waals surface area contributed by atoms with Gasteiger partial charge in [0.15, 0.2) is 0 Å². The number of benzene rings is 1.